The normalized spacial score (nSPS) is 18.9. The number of alkyl halides is 3. The summed E-state index contributed by atoms with van der Waals surface area (Å²) in [7, 11) is 0. The molecule has 2 heterocycles. The number of halogens is 3. The van der Waals surface area contributed by atoms with E-state index >= 15 is 0 Å². The number of phenols is 1. The summed E-state index contributed by atoms with van der Waals surface area (Å²) in [4.78, 5) is 5.74. The fourth-order valence-electron chi connectivity index (χ4n) is 3.18. The maximum Gasteiger partial charge on any atom is 0.433 e. The lowest BCUT2D eigenvalue weighted by Crippen LogP contribution is -2.21. The van der Waals surface area contributed by atoms with Crippen molar-refractivity contribution in [1.82, 2.24) is 9.88 Å². The number of nitrogens with zero attached hydrogens (tertiary/aromatic N) is 2. The van der Waals surface area contributed by atoms with Gasteiger partial charge in [0.2, 0.25) is 0 Å². The third-order valence-corrected chi connectivity index (χ3v) is 4.33. The predicted molar refractivity (Wildman–Crippen MR) is 84.4 cm³/mol. The van der Waals surface area contributed by atoms with Crippen LogP contribution in [0.1, 0.15) is 23.2 Å². The van der Waals surface area contributed by atoms with Gasteiger partial charge < -0.3 is 5.11 Å². The number of phenolic OH excluding ortho intramolecular Hbond substituents is 1. The lowest BCUT2D eigenvalue weighted by atomic mass is 9.98. The summed E-state index contributed by atoms with van der Waals surface area (Å²) in [5.74, 6) is 0.771. The van der Waals surface area contributed by atoms with Crippen LogP contribution in [0.5, 0.6) is 5.75 Å². The molecule has 1 aliphatic heterocycles. The zero-order valence-electron chi connectivity index (χ0n) is 13.1. The van der Waals surface area contributed by atoms with Crippen molar-refractivity contribution in [1.29, 1.82) is 0 Å². The molecule has 3 nitrogen and oxygen atoms in total. The van der Waals surface area contributed by atoms with Crippen molar-refractivity contribution in [2.24, 2.45) is 5.92 Å². The van der Waals surface area contributed by atoms with Crippen LogP contribution in [0.4, 0.5) is 13.2 Å². The predicted octanol–water partition coefficient (Wildman–Crippen LogP) is 3.87. The Hall–Kier alpha value is -2.08. The van der Waals surface area contributed by atoms with Gasteiger partial charge >= 0.3 is 6.18 Å². The zero-order valence-corrected chi connectivity index (χ0v) is 13.1. The largest absolute Gasteiger partial charge is 0.508 e. The van der Waals surface area contributed by atoms with Crippen LogP contribution in [0.25, 0.3) is 0 Å². The van der Waals surface area contributed by atoms with Gasteiger partial charge in [-0.15, -0.1) is 0 Å². The molecular formula is C18H19F3N2O. The molecule has 1 saturated heterocycles. The van der Waals surface area contributed by atoms with E-state index in [-0.39, 0.29) is 5.75 Å². The molecule has 6 heteroatoms. The molecule has 1 aliphatic rings. The van der Waals surface area contributed by atoms with Gasteiger partial charge in [0.15, 0.2) is 0 Å². The third-order valence-electron chi connectivity index (χ3n) is 4.33. The number of benzene rings is 1. The molecule has 1 atom stereocenters. The van der Waals surface area contributed by atoms with Crippen LogP contribution in [-0.4, -0.2) is 28.1 Å². The SMILES string of the molecule is Oc1cccc(CC2CCN(Cc3ccc(C(F)(F)F)nc3)C2)c1. The average molecular weight is 336 g/mol. The van der Waals surface area contributed by atoms with E-state index in [1.165, 1.54) is 12.3 Å². The van der Waals surface area contributed by atoms with Crippen molar-refractivity contribution >= 4 is 0 Å². The van der Waals surface area contributed by atoms with E-state index in [9.17, 15) is 18.3 Å². The standard InChI is InChI=1S/C18H19F3N2O/c19-18(20,21)17-5-4-15(10-22-17)12-23-7-6-14(11-23)8-13-2-1-3-16(24)9-13/h1-5,9-10,14,24H,6-8,11-12H2. The number of rotatable bonds is 4. The first-order valence-corrected chi connectivity index (χ1v) is 7.92. The Balaban J connectivity index is 1.54. The van der Waals surface area contributed by atoms with Gasteiger partial charge in [-0.3, -0.25) is 9.88 Å². The van der Waals surface area contributed by atoms with Crippen LogP contribution >= 0.6 is 0 Å². The highest BCUT2D eigenvalue weighted by atomic mass is 19.4. The van der Waals surface area contributed by atoms with Gasteiger partial charge in [0.25, 0.3) is 0 Å². The van der Waals surface area contributed by atoms with E-state index in [1.807, 2.05) is 12.1 Å². The number of hydrogen-bond acceptors (Lipinski definition) is 3. The van der Waals surface area contributed by atoms with Crippen LogP contribution in [0.2, 0.25) is 0 Å². The van der Waals surface area contributed by atoms with E-state index in [0.29, 0.717) is 12.5 Å². The van der Waals surface area contributed by atoms with Gasteiger partial charge in [0, 0.05) is 19.3 Å². The molecule has 1 unspecified atom stereocenters. The Morgan fingerprint density at radius 3 is 2.67 bits per heavy atom. The average Bonchev–Trinajstić information content (AvgIpc) is 2.94. The molecule has 0 saturated carbocycles. The molecule has 1 aromatic carbocycles. The van der Waals surface area contributed by atoms with E-state index in [1.54, 1.807) is 12.1 Å². The van der Waals surface area contributed by atoms with Crippen molar-refractivity contribution in [2.75, 3.05) is 13.1 Å². The van der Waals surface area contributed by atoms with Crippen LogP contribution < -0.4 is 0 Å². The summed E-state index contributed by atoms with van der Waals surface area (Å²) in [5, 5.41) is 9.52. The topological polar surface area (TPSA) is 36.4 Å². The Morgan fingerprint density at radius 1 is 1.17 bits per heavy atom. The number of hydrogen-bond donors (Lipinski definition) is 1. The Kier molecular flexibility index (Phi) is 4.76. The molecule has 128 valence electrons. The molecular weight excluding hydrogens is 317 g/mol. The van der Waals surface area contributed by atoms with Crippen molar-refractivity contribution in [3.63, 3.8) is 0 Å². The van der Waals surface area contributed by atoms with Gasteiger partial charge in [0.1, 0.15) is 11.4 Å². The second-order valence-corrected chi connectivity index (χ2v) is 6.31. The number of aromatic hydroxyl groups is 1. The molecule has 1 aromatic heterocycles. The number of aromatic nitrogens is 1. The lowest BCUT2D eigenvalue weighted by Gasteiger charge is -2.16. The minimum Gasteiger partial charge on any atom is -0.508 e. The molecule has 0 amide bonds. The third kappa shape index (κ3) is 4.26. The molecule has 0 spiro atoms. The maximum absolute atomic E-state index is 12.5. The molecule has 3 rings (SSSR count). The first-order valence-electron chi connectivity index (χ1n) is 7.92. The fraction of sp³-hybridized carbons (Fsp3) is 0.389. The highest BCUT2D eigenvalue weighted by molar-refractivity contribution is 5.27. The summed E-state index contributed by atoms with van der Waals surface area (Å²) in [6.45, 7) is 2.43. The van der Waals surface area contributed by atoms with Crippen LogP contribution in [0, 0.1) is 5.92 Å². The molecule has 2 aromatic rings. The molecule has 24 heavy (non-hydrogen) atoms. The summed E-state index contributed by atoms with van der Waals surface area (Å²) >= 11 is 0. The van der Waals surface area contributed by atoms with E-state index in [2.05, 4.69) is 9.88 Å². The van der Waals surface area contributed by atoms with E-state index in [0.717, 1.165) is 43.1 Å². The van der Waals surface area contributed by atoms with Crippen LogP contribution in [0.15, 0.2) is 42.6 Å². The molecule has 0 bridgehead atoms. The first-order chi connectivity index (χ1) is 11.4. The molecule has 0 aliphatic carbocycles. The smallest absolute Gasteiger partial charge is 0.433 e. The van der Waals surface area contributed by atoms with Crippen molar-refractivity contribution < 1.29 is 18.3 Å². The quantitative estimate of drug-likeness (QED) is 0.921. The highest BCUT2D eigenvalue weighted by Gasteiger charge is 2.32. The van der Waals surface area contributed by atoms with E-state index < -0.39 is 11.9 Å². The number of likely N-dealkylation sites (tertiary alicyclic amines) is 1. The summed E-state index contributed by atoms with van der Waals surface area (Å²) in [5.41, 5.74) is 1.05. The summed E-state index contributed by atoms with van der Waals surface area (Å²) < 4.78 is 37.6. The van der Waals surface area contributed by atoms with Crippen molar-refractivity contribution in [3.8, 4) is 5.75 Å². The fourth-order valence-corrected chi connectivity index (χ4v) is 3.18. The van der Waals surface area contributed by atoms with Crippen molar-refractivity contribution in [2.45, 2.75) is 25.6 Å². The second kappa shape index (κ2) is 6.81. The highest BCUT2D eigenvalue weighted by Crippen LogP contribution is 2.28. The molecule has 1 fully saturated rings. The monoisotopic (exact) mass is 336 g/mol. The minimum atomic E-state index is -4.39. The lowest BCUT2D eigenvalue weighted by molar-refractivity contribution is -0.141. The Morgan fingerprint density at radius 2 is 2.00 bits per heavy atom. The second-order valence-electron chi connectivity index (χ2n) is 6.31. The van der Waals surface area contributed by atoms with Gasteiger partial charge in [-0.2, -0.15) is 13.2 Å². The van der Waals surface area contributed by atoms with Gasteiger partial charge in [0.05, 0.1) is 0 Å². The Bertz CT molecular complexity index is 685. The van der Waals surface area contributed by atoms with Gasteiger partial charge in [-0.05, 0) is 54.6 Å². The van der Waals surface area contributed by atoms with E-state index in [4.69, 9.17) is 0 Å². The summed E-state index contributed by atoms with van der Waals surface area (Å²) in [6.07, 6.45) is -1.14. The van der Waals surface area contributed by atoms with Gasteiger partial charge in [-0.1, -0.05) is 18.2 Å². The van der Waals surface area contributed by atoms with Crippen molar-refractivity contribution in [3.05, 3.63) is 59.4 Å². The maximum atomic E-state index is 12.5. The first kappa shape index (κ1) is 16.8. The molecule has 1 N–H and O–H groups in total. The Labute approximate surface area is 138 Å². The molecule has 0 radical (unpaired) electrons. The minimum absolute atomic E-state index is 0.276. The zero-order chi connectivity index (χ0) is 17.2. The summed E-state index contributed by atoms with van der Waals surface area (Å²) in [6, 6.07) is 9.81. The van der Waals surface area contributed by atoms with Crippen LogP contribution in [-0.2, 0) is 19.1 Å². The number of pyridine rings is 1. The van der Waals surface area contributed by atoms with Crippen LogP contribution in [0.3, 0.4) is 0 Å². The van der Waals surface area contributed by atoms with Gasteiger partial charge in [-0.25, -0.2) is 0 Å².